The molecular weight excluding hydrogens is 298 g/mol. The summed E-state index contributed by atoms with van der Waals surface area (Å²) in [6.45, 7) is 0. The minimum Gasteiger partial charge on any atom is -0.348 e. The predicted octanol–water partition coefficient (Wildman–Crippen LogP) is 1.49. The number of thioether (sulfide) groups is 1. The van der Waals surface area contributed by atoms with Gasteiger partial charge in [0.15, 0.2) is 5.82 Å². The molecule has 0 fully saturated rings. The number of nitrogens with two attached hydrogens (primary N) is 1. The van der Waals surface area contributed by atoms with Crippen LogP contribution in [0.2, 0.25) is 5.02 Å². The van der Waals surface area contributed by atoms with E-state index in [1.165, 1.54) is 21.3 Å². The Morgan fingerprint density at radius 2 is 2.10 bits per heavy atom. The Bertz CT molecular complexity index is 628. The van der Waals surface area contributed by atoms with Crippen molar-refractivity contribution in [1.82, 2.24) is 19.8 Å². The number of amides is 1. The second-order valence-electron chi connectivity index (χ2n) is 4.23. The molecule has 0 saturated carbocycles. The number of nitrogen functional groups attached to an aromatic ring is 1. The number of hydrogen-bond acceptors (Lipinski definition) is 5. The quantitative estimate of drug-likeness (QED) is 0.684. The average Bonchev–Trinajstić information content (AvgIpc) is 2.78. The highest BCUT2D eigenvalue weighted by molar-refractivity contribution is 7.99. The molecule has 20 heavy (non-hydrogen) atoms. The number of carbonyl (C=O) groups excluding carboxylic acids is 1. The summed E-state index contributed by atoms with van der Waals surface area (Å²) in [4.78, 5) is 13.1. The molecule has 0 aliphatic carbocycles. The molecule has 0 unspecified atom stereocenters. The van der Waals surface area contributed by atoms with E-state index in [0.717, 1.165) is 0 Å². The highest BCUT2D eigenvalue weighted by Gasteiger charge is 2.15. The maximum Gasteiger partial charge on any atom is 0.232 e. The van der Waals surface area contributed by atoms with Crippen LogP contribution in [0, 0.1) is 0 Å². The molecule has 0 atom stereocenters. The standard InChI is InChI=1S/C12H14ClN5OS/c1-17(2)10(19)7-20-12-16-15-11(18(12)14)8-5-3-4-6-9(8)13/h3-6H,7,14H2,1-2H3. The van der Waals surface area contributed by atoms with Crippen LogP contribution in [0.5, 0.6) is 0 Å². The van der Waals surface area contributed by atoms with Crippen LogP contribution in [0.3, 0.4) is 0 Å². The first-order chi connectivity index (χ1) is 9.50. The first kappa shape index (κ1) is 14.7. The van der Waals surface area contributed by atoms with Gasteiger partial charge in [-0.1, -0.05) is 35.5 Å². The first-order valence-electron chi connectivity index (χ1n) is 5.79. The fourth-order valence-corrected chi connectivity index (χ4v) is 2.51. The van der Waals surface area contributed by atoms with Gasteiger partial charge in [-0.05, 0) is 12.1 Å². The molecule has 0 saturated heterocycles. The number of carbonyl (C=O) groups is 1. The van der Waals surface area contributed by atoms with Gasteiger partial charge in [0.25, 0.3) is 0 Å². The Morgan fingerprint density at radius 1 is 1.40 bits per heavy atom. The van der Waals surface area contributed by atoms with Crippen molar-refractivity contribution in [3.8, 4) is 11.4 Å². The van der Waals surface area contributed by atoms with Crippen LogP contribution >= 0.6 is 23.4 Å². The van der Waals surface area contributed by atoms with E-state index < -0.39 is 0 Å². The summed E-state index contributed by atoms with van der Waals surface area (Å²) in [5.41, 5.74) is 0.704. The lowest BCUT2D eigenvalue weighted by Crippen LogP contribution is -2.24. The molecule has 1 aromatic heterocycles. The third kappa shape index (κ3) is 3.05. The van der Waals surface area contributed by atoms with Crippen molar-refractivity contribution in [2.45, 2.75) is 5.16 Å². The lowest BCUT2D eigenvalue weighted by molar-refractivity contribution is -0.125. The SMILES string of the molecule is CN(C)C(=O)CSc1nnc(-c2ccccc2Cl)n1N. The van der Waals surface area contributed by atoms with Crippen molar-refractivity contribution < 1.29 is 4.79 Å². The van der Waals surface area contributed by atoms with Crippen molar-refractivity contribution in [2.75, 3.05) is 25.7 Å². The van der Waals surface area contributed by atoms with Crippen LogP contribution < -0.4 is 5.84 Å². The zero-order chi connectivity index (χ0) is 14.7. The smallest absolute Gasteiger partial charge is 0.232 e. The molecule has 2 aromatic rings. The van der Waals surface area contributed by atoms with Crippen molar-refractivity contribution in [3.63, 3.8) is 0 Å². The van der Waals surface area contributed by atoms with E-state index >= 15 is 0 Å². The van der Waals surface area contributed by atoms with E-state index in [4.69, 9.17) is 17.4 Å². The van der Waals surface area contributed by atoms with Crippen LogP contribution in [-0.2, 0) is 4.79 Å². The lowest BCUT2D eigenvalue weighted by Gasteiger charge is -2.09. The topological polar surface area (TPSA) is 77.0 Å². The van der Waals surface area contributed by atoms with Gasteiger partial charge in [-0.15, -0.1) is 10.2 Å². The minimum absolute atomic E-state index is 0.0164. The molecule has 0 aliphatic heterocycles. The fraction of sp³-hybridized carbons (Fsp3) is 0.250. The van der Waals surface area contributed by atoms with E-state index in [1.54, 1.807) is 20.2 Å². The second kappa shape index (κ2) is 6.15. The van der Waals surface area contributed by atoms with Crippen LogP contribution in [0.4, 0.5) is 0 Å². The maximum absolute atomic E-state index is 11.5. The van der Waals surface area contributed by atoms with Gasteiger partial charge in [-0.3, -0.25) is 4.79 Å². The zero-order valence-electron chi connectivity index (χ0n) is 11.1. The third-order valence-corrected chi connectivity index (χ3v) is 3.86. The Hall–Kier alpha value is -1.73. The lowest BCUT2D eigenvalue weighted by atomic mass is 10.2. The molecular formula is C12H14ClN5OS. The number of hydrogen-bond donors (Lipinski definition) is 1. The Kier molecular flexibility index (Phi) is 4.51. The summed E-state index contributed by atoms with van der Waals surface area (Å²) in [6, 6.07) is 7.25. The highest BCUT2D eigenvalue weighted by Crippen LogP contribution is 2.27. The summed E-state index contributed by atoms with van der Waals surface area (Å²) in [5.74, 6) is 6.66. The van der Waals surface area contributed by atoms with Gasteiger partial charge in [-0.25, -0.2) is 4.68 Å². The molecule has 1 aromatic carbocycles. The number of rotatable bonds is 4. The van der Waals surface area contributed by atoms with Gasteiger partial charge in [-0.2, -0.15) is 0 Å². The van der Waals surface area contributed by atoms with Crippen LogP contribution in [0.15, 0.2) is 29.4 Å². The molecule has 0 aliphatic rings. The normalized spacial score (nSPS) is 10.6. The number of aromatic nitrogens is 3. The van der Waals surface area contributed by atoms with E-state index in [9.17, 15) is 4.79 Å². The third-order valence-electron chi connectivity index (χ3n) is 2.60. The molecule has 1 heterocycles. The number of halogens is 1. The predicted molar refractivity (Wildman–Crippen MR) is 80.0 cm³/mol. The summed E-state index contributed by atoms with van der Waals surface area (Å²) in [7, 11) is 3.40. The van der Waals surface area contributed by atoms with Crippen molar-refractivity contribution in [2.24, 2.45) is 0 Å². The van der Waals surface area contributed by atoms with Crippen LogP contribution in [-0.4, -0.2) is 45.5 Å². The zero-order valence-corrected chi connectivity index (χ0v) is 12.6. The van der Waals surface area contributed by atoms with Gasteiger partial charge >= 0.3 is 0 Å². The van der Waals surface area contributed by atoms with Crippen molar-refractivity contribution in [3.05, 3.63) is 29.3 Å². The number of nitrogens with zero attached hydrogens (tertiary/aromatic N) is 4. The fourth-order valence-electron chi connectivity index (χ4n) is 1.46. The monoisotopic (exact) mass is 311 g/mol. The second-order valence-corrected chi connectivity index (χ2v) is 5.58. The summed E-state index contributed by atoms with van der Waals surface area (Å²) < 4.78 is 1.34. The number of benzene rings is 1. The summed E-state index contributed by atoms with van der Waals surface area (Å²) in [5, 5.41) is 9.03. The largest absolute Gasteiger partial charge is 0.348 e. The van der Waals surface area contributed by atoms with Gasteiger partial charge in [0.2, 0.25) is 11.1 Å². The summed E-state index contributed by atoms with van der Waals surface area (Å²) in [6.07, 6.45) is 0. The van der Waals surface area contributed by atoms with Gasteiger partial charge in [0, 0.05) is 19.7 Å². The van der Waals surface area contributed by atoms with E-state index in [1.807, 2.05) is 18.2 Å². The molecule has 6 nitrogen and oxygen atoms in total. The maximum atomic E-state index is 11.5. The minimum atomic E-state index is -0.0164. The molecule has 0 spiro atoms. The van der Waals surface area contributed by atoms with Crippen LogP contribution in [0.25, 0.3) is 11.4 Å². The molecule has 1 amide bonds. The van der Waals surface area contributed by atoms with E-state index in [2.05, 4.69) is 10.2 Å². The Balaban J connectivity index is 2.20. The molecule has 0 bridgehead atoms. The van der Waals surface area contributed by atoms with Crippen molar-refractivity contribution >= 4 is 29.3 Å². The van der Waals surface area contributed by atoms with Gasteiger partial charge in [0.1, 0.15) is 0 Å². The summed E-state index contributed by atoms with van der Waals surface area (Å²) >= 11 is 7.34. The van der Waals surface area contributed by atoms with E-state index in [0.29, 0.717) is 21.6 Å². The first-order valence-corrected chi connectivity index (χ1v) is 7.15. The molecule has 2 rings (SSSR count). The van der Waals surface area contributed by atoms with Crippen LogP contribution in [0.1, 0.15) is 0 Å². The van der Waals surface area contributed by atoms with E-state index in [-0.39, 0.29) is 11.7 Å². The molecule has 2 N–H and O–H groups in total. The average molecular weight is 312 g/mol. The highest BCUT2D eigenvalue weighted by atomic mass is 35.5. The molecule has 8 heteroatoms. The molecule has 0 radical (unpaired) electrons. The Morgan fingerprint density at radius 3 is 2.75 bits per heavy atom. The van der Waals surface area contributed by atoms with Gasteiger partial charge in [0.05, 0.1) is 10.8 Å². The molecule has 106 valence electrons. The van der Waals surface area contributed by atoms with Crippen molar-refractivity contribution in [1.29, 1.82) is 0 Å². The van der Waals surface area contributed by atoms with Gasteiger partial charge < -0.3 is 10.7 Å². The Labute approximate surface area is 125 Å².